The Kier molecular flexibility index (Phi) is 5.42. The molecule has 1 heterocycles. The molecule has 0 atom stereocenters. The summed E-state index contributed by atoms with van der Waals surface area (Å²) < 4.78 is 0. The molecule has 1 aliphatic heterocycles. The maximum absolute atomic E-state index is 12.5. The number of carbonyl (C=O) groups is 4. The number of nitrogens with zero attached hydrogens (tertiary/aromatic N) is 3. The van der Waals surface area contributed by atoms with E-state index in [1.807, 2.05) is 0 Å². The fourth-order valence-electron chi connectivity index (χ4n) is 2.92. The monoisotopic (exact) mass is 428 g/mol. The number of carboxylic acid groups (broad SMARTS) is 1. The van der Waals surface area contributed by atoms with E-state index >= 15 is 0 Å². The zero-order chi connectivity index (χ0) is 22.9. The number of rotatable bonds is 7. The highest BCUT2D eigenvalue weighted by molar-refractivity contribution is 6.22. The third-order valence-electron chi connectivity index (χ3n) is 4.36. The normalized spacial score (nSPS) is 12.5. The number of hydrogen-bond donors (Lipinski definition) is 2. The van der Waals surface area contributed by atoms with Gasteiger partial charge in [0, 0.05) is 24.4 Å². The van der Waals surface area contributed by atoms with Gasteiger partial charge in [0.15, 0.2) is 0 Å². The molecule has 0 aromatic heterocycles. The van der Waals surface area contributed by atoms with Gasteiger partial charge in [-0.1, -0.05) is 0 Å². The van der Waals surface area contributed by atoms with E-state index in [4.69, 9.17) is 5.11 Å². The lowest BCUT2D eigenvalue weighted by atomic mass is 10.1. The Morgan fingerprint density at radius 1 is 0.935 bits per heavy atom. The number of nitro benzene ring substituents is 2. The zero-order valence-electron chi connectivity index (χ0n) is 15.4. The van der Waals surface area contributed by atoms with Crippen LogP contribution in [0.1, 0.15) is 37.5 Å². The van der Waals surface area contributed by atoms with Crippen LogP contribution in [0.25, 0.3) is 0 Å². The number of nitro groups is 2. The van der Waals surface area contributed by atoms with Gasteiger partial charge in [-0.3, -0.25) is 44.3 Å². The van der Waals surface area contributed by atoms with Crippen molar-refractivity contribution < 1.29 is 34.1 Å². The summed E-state index contributed by atoms with van der Waals surface area (Å²) in [6, 6.07) is 6.19. The first kappa shape index (κ1) is 21.0. The number of fused-ring (bicyclic) bond motifs is 1. The first-order valence-electron chi connectivity index (χ1n) is 8.55. The third kappa shape index (κ3) is 4.19. The van der Waals surface area contributed by atoms with E-state index in [-0.39, 0.29) is 28.9 Å². The molecule has 31 heavy (non-hydrogen) atoms. The molecule has 0 bridgehead atoms. The van der Waals surface area contributed by atoms with Crippen molar-refractivity contribution in [3.05, 3.63) is 73.3 Å². The van der Waals surface area contributed by atoms with Crippen LogP contribution in [-0.4, -0.2) is 50.1 Å². The largest absolute Gasteiger partial charge is 0.481 e. The number of imide groups is 1. The molecule has 158 valence electrons. The number of carbonyl (C=O) groups excluding carboxylic acids is 3. The van der Waals surface area contributed by atoms with Gasteiger partial charge >= 0.3 is 5.97 Å². The van der Waals surface area contributed by atoms with Crippen molar-refractivity contribution in [3.8, 4) is 0 Å². The van der Waals surface area contributed by atoms with E-state index in [1.165, 1.54) is 18.2 Å². The van der Waals surface area contributed by atoms with Crippen molar-refractivity contribution in [2.75, 3.05) is 11.9 Å². The molecule has 0 spiro atoms. The van der Waals surface area contributed by atoms with Crippen molar-refractivity contribution >= 4 is 40.8 Å². The number of non-ortho nitro benzene ring substituents is 2. The molecule has 2 aromatic rings. The van der Waals surface area contributed by atoms with Gasteiger partial charge in [0.25, 0.3) is 29.1 Å². The fourth-order valence-corrected chi connectivity index (χ4v) is 2.92. The first-order valence-corrected chi connectivity index (χ1v) is 8.55. The predicted octanol–water partition coefficient (Wildman–Crippen LogP) is 1.83. The van der Waals surface area contributed by atoms with E-state index in [9.17, 15) is 39.4 Å². The summed E-state index contributed by atoms with van der Waals surface area (Å²) in [5, 5.41) is 33.0. The SMILES string of the molecule is O=C(O)CCN1C(=O)c2ccc(NC(=O)c3cc([N+](=O)[O-])cc([N+](=O)[O-])c3)cc2C1=O. The lowest BCUT2D eigenvalue weighted by Crippen LogP contribution is -2.31. The predicted molar refractivity (Wildman–Crippen MR) is 102 cm³/mol. The van der Waals surface area contributed by atoms with Crippen LogP contribution in [0.15, 0.2) is 36.4 Å². The summed E-state index contributed by atoms with van der Waals surface area (Å²) in [6.45, 7) is -0.319. The highest BCUT2D eigenvalue weighted by atomic mass is 16.6. The van der Waals surface area contributed by atoms with Gasteiger partial charge in [0.1, 0.15) is 0 Å². The van der Waals surface area contributed by atoms with Crippen LogP contribution in [0, 0.1) is 20.2 Å². The minimum absolute atomic E-state index is 0.0272. The molecule has 0 fully saturated rings. The number of anilines is 1. The summed E-state index contributed by atoms with van der Waals surface area (Å²) >= 11 is 0. The summed E-state index contributed by atoms with van der Waals surface area (Å²) in [7, 11) is 0. The molecule has 0 unspecified atom stereocenters. The minimum atomic E-state index is -1.18. The molecule has 1 aliphatic rings. The summed E-state index contributed by atoms with van der Waals surface area (Å²) in [6.07, 6.45) is -0.430. The number of aliphatic carboxylic acids is 1. The average molecular weight is 428 g/mol. The van der Waals surface area contributed by atoms with Crippen LogP contribution in [-0.2, 0) is 4.79 Å². The first-order chi connectivity index (χ1) is 14.6. The minimum Gasteiger partial charge on any atom is -0.481 e. The lowest BCUT2D eigenvalue weighted by Gasteiger charge is -2.11. The fraction of sp³-hybridized carbons (Fsp3) is 0.111. The number of hydrogen-bond acceptors (Lipinski definition) is 8. The zero-order valence-corrected chi connectivity index (χ0v) is 15.4. The molecule has 13 nitrogen and oxygen atoms in total. The molecule has 0 saturated carbocycles. The standard InChI is InChI=1S/C18H12N4O9/c23-15(24)3-4-20-17(26)13-2-1-10(7-14(13)18(20)27)19-16(25)9-5-11(21(28)29)8-12(6-9)22(30)31/h1-2,5-8H,3-4H2,(H,19,25)(H,23,24). The summed E-state index contributed by atoms with van der Waals surface area (Å²) in [5.74, 6) is -3.50. The lowest BCUT2D eigenvalue weighted by molar-refractivity contribution is -0.394. The Balaban J connectivity index is 1.86. The van der Waals surface area contributed by atoms with Gasteiger partial charge in [0.05, 0.1) is 39.0 Å². The van der Waals surface area contributed by atoms with Crippen LogP contribution < -0.4 is 5.32 Å². The van der Waals surface area contributed by atoms with Gasteiger partial charge in [-0.05, 0) is 18.2 Å². The van der Waals surface area contributed by atoms with E-state index in [2.05, 4.69) is 5.32 Å². The highest BCUT2D eigenvalue weighted by Crippen LogP contribution is 2.27. The molecule has 3 rings (SSSR count). The number of carboxylic acids is 1. The Morgan fingerprint density at radius 2 is 1.52 bits per heavy atom. The van der Waals surface area contributed by atoms with Crippen molar-refractivity contribution in [1.82, 2.24) is 4.90 Å². The number of benzene rings is 2. The van der Waals surface area contributed by atoms with Crippen molar-refractivity contribution in [2.24, 2.45) is 0 Å². The molecule has 0 aliphatic carbocycles. The Bertz CT molecular complexity index is 1140. The topological polar surface area (TPSA) is 190 Å². The molecule has 2 N–H and O–H groups in total. The maximum Gasteiger partial charge on any atom is 0.305 e. The highest BCUT2D eigenvalue weighted by Gasteiger charge is 2.35. The Morgan fingerprint density at radius 3 is 2.06 bits per heavy atom. The van der Waals surface area contributed by atoms with Gasteiger partial charge in [-0.15, -0.1) is 0 Å². The van der Waals surface area contributed by atoms with Crippen molar-refractivity contribution in [1.29, 1.82) is 0 Å². The van der Waals surface area contributed by atoms with Gasteiger partial charge in [-0.25, -0.2) is 0 Å². The van der Waals surface area contributed by atoms with E-state index in [0.29, 0.717) is 6.07 Å². The Labute approximate surface area is 172 Å². The maximum atomic E-state index is 12.5. The second kappa shape index (κ2) is 7.98. The summed E-state index contributed by atoms with van der Waals surface area (Å²) in [5.41, 5.74) is -1.63. The van der Waals surface area contributed by atoms with Crippen molar-refractivity contribution in [2.45, 2.75) is 6.42 Å². The molecular weight excluding hydrogens is 416 g/mol. The molecule has 3 amide bonds. The van der Waals surface area contributed by atoms with Crippen LogP contribution in [0.2, 0.25) is 0 Å². The second-order valence-electron chi connectivity index (χ2n) is 6.37. The molecule has 0 saturated heterocycles. The van der Waals surface area contributed by atoms with Crippen molar-refractivity contribution in [3.63, 3.8) is 0 Å². The van der Waals surface area contributed by atoms with Gasteiger partial charge in [-0.2, -0.15) is 0 Å². The van der Waals surface area contributed by atoms with Gasteiger partial charge < -0.3 is 10.4 Å². The molecule has 0 radical (unpaired) electrons. The second-order valence-corrected chi connectivity index (χ2v) is 6.37. The van der Waals surface area contributed by atoms with Crippen LogP contribution >= 0.6 is 0 Å². The molecule has 2 aromatic carbocycles. The smallest absolute Gasteiger partial charge is 0.305 e. The van der Waals surface area contributed by atoms with E-state index < -0.39 is 51.3 Å². The third-order valence-corrected chi connectivity index (χ3v) is 4.36. The quantitative estimate of drug-likeness (QED) is 0.376. The molecular formula is C18H12N4O9. The number of amides is 3. The Hall–Kier alpha value is -4.68. The molecule has 13 heteroatoms. The number of nitrogens with one attached hydrogen (secondary N) is 1. The van der Waals surface area contributed by atoms with E-state index in [1.54, 1.807) is 0 Å². The van der Waals surface area contributed by atoms with Crippen LogP contribution in [0.3, 0.4) is 0 Å². The average Bonchev–Trinajstić information content (AvgIpc) is 2.95. The van der Waals surface area contributed by atoms with Crippen LogP contribution in [0.5, 0.6) is 0 Å². The van der Waals surface area contributed by atoms with E-state index in [0.717, 1.165) is 17.0 Å². The van der Waals surface area contributed by atoms with Gasteiger partial charge in [0.2, 0.25) is 0 Å². The summed E-state index contributed by atoms with van der Waals surface area (Å²) in [4.78, 5) is 68.8. The van der Waals surface area contributed by atoms with Crippen LogP contribution in [0.4, 0.5) is 17.1 Å².